The van der Waals surface area contributed by atoms with E-state index in [1.807, 2.05) is 0 Å². The number of unbranched alkanes of at least 4 members (excludes halogenated alkanes) is 1. The molecule has 3 N–H and O–H groups in total. The fourth-order valence-electron chi connectivity index (χ4n) is 4.33. The van der Waals surface area contributed by atoms with Crippen molar-refractivity contribution in [2.75, 3.05) is 6.61 Å². The molecule has 27 heavy (non-hydrogen) atoms. The fraction of sp³-hybridized carbons (Fsp3) is 0.550. The second-order valence-electron chi connectivity index (χ2n) is 7.39. The van der Waals surface area contributed by atoms with Gasteiger partial charge in [-0.1, -0.05) is 13.3 Å². The van der Waals surface area contributed by atoms with E-state index in [9.17, 15) is 19.5 Å². The minimum absolute atomic E-state index is 0.0687. The van der Waals surface area contributed by atoms with Gasteiger partial charge in [0.05, 0.1) is 18.4 Å². The van der Waals surface area contributed by atoms with Crippen LogP contribution in [-0.2, 0) is 9.59 Å². The number of benzene rings is 1. The first-order chi connectivity index (χ1) is 13.0. The summed E-state index contributed by atoms with van der Waals surface area (Å²) in [7, 11) is 0. The molecular formula is C20H26N2O5. The van der Waals surface area contributed by atoms with E-state index in [0.717, 1.165) is 32.1 Å². The lowest BCUT2D eigenvalue weighted by atomic mass is 9.79. The Bertz CT molecular complexity index is 703. The number of carbonyl (C=O) groups is 3. The third-order valence-corrected chi connectivity index (χ3v) is 5.69. The van der Waals surface area contributed by atoms with Crippen LogP contribution in [0.1, 0.15) is 49.4 Å². The molecule has 0 saturated heterocycles. The van der Waals surface area contributed by atoms with Crippen molar-refractivity contribution >= 4 is 17.8 Å². The molecule has 0 spiro atoms. The average molecular weight is 374 g/mol. The summed E-state index contributed by atoms with van der Waals surface area (Å²) in [5, 5.41) is 9.43. The van der Waals surface area contributed by atoms with E-state index in [1.54, 1.807) is 24.3 Å². The molecule has 2 amide bonds. The Morgan fingerprint density at radius 1 is 1.07 bits per heavy atom. The monoisotopic (exact) mass is 374 g/mol. The van der Waals surface area contributed by atoms with Crippen LogP contribution < -0.4 is 15.6 Å². The first kappa shape index (κ1) is 19.2. The van der Waals surface area contributed by atoms with Gasteiger partial charge in [-0.2, -0.15) is 0 Å². The molecule has 146 valence electrons. The molecule has 0 unspecified atom stereocenters. The molecule has 4 atom stereocenters. The third kappa shape index (κ3) is 4.23. The van der Waals surface area contributed by atoms with Gasteiger partial charge in [0.1, 0.15) is 5.75 Å². The number of carboxylic acids is 1. The van der Waals surface area contributed by atoms with Gasteiger partial charge in [-0.15, -0.1) is 0 Å². The predicted octanol–water partition coefficient (Wildman–Crippen LogP) is 2.37. The Kier molecular flexibility index (Phi) is 5.98. The van der Waals surface area contributed by atoms with Crippen LogP contribution in [0.3, 0.4) is 0 Å². The number of ether oxygens (including phenoxy) is 1. The lowest BCUT2D eigenvalue weighted by Gasteiger charge is -2.26. The minimum Gasteiger partial charge on any atom is -0.494 e. The molecule has 0 aliphatic heterocycles. The molecular weight excluding hydrogens is 348 g/mol. The highest BCUT2D eigenvalue weighted by molar-refractivity contribution is 5.96. The van der Waals surface area contributed by atoms with Gasteiger partial charge in [0.25, 0.3) is 5.91 Å². The average Bonchev–Trinajstić information content (AvgIpc) is 3.28. The number of carboxylic acid groups (broad SMARTS) is 1. The number of hydrogen-bond donors (Lipinski definition) is 3. The maximum atomic E-state index is 12.5. The molecule has 0 heterocycles. The number of amides is 2. The highest BCUT2D eigenvalue weighted by atomic mass is 16.5. The van der Waals surface area contributed by atoms with E-state index < -0.39 is 29.6 Å². The van der Waals surface area contributed by atoms with Crippen LogP contribution in [0.2, 0.25) is 0 Å². The number of rotatable bonds is 7. The molecule has 2 fully saturated rings. The summed E-state index contributed by atoms with van der Waals surface area (Å²) in [6.45, 7) is 2.72. The molecule has 1 aromatic rings. The lowest BCUT2D eigenvalue weighted by Crippen LogP contribution is -2.48. The van der Waals surface area contributed by atoms with Crippen LogP contribution in [-0.4, -0.2) is 29.5 Å². The number of carbonyl (C=O) groups excluding carboxylic acids is 2. The van der Waals surface area contributed by atoms with E-state index in [2.05, 4.69) is 17.8 Å². The maximum absolute atomic E-state index is 12.5. The Hall–Kier alpha value is -2.57. The zero-order valence-corrected chi connectivity index (χ0v) is 15.4. The van der Waals surface area contributed by atoms with Crippen LogP contribution in [0.5, 0.6) is 5.75 Å². The van der Waals surface area contributed by atoms with Crippen LogP contribution in [0.4, 0.5) is 0 Å². The summed E-state index contributed by atoms with van der Waals surface area (Å²) in [5.41, 5.74) is 5.20. The van der Waals surface area contributed by atoms with Gasteiger partial charge in [0, 0.05) is 5.56 Å². The van der Waals surface area contributed by atoms with E-state index >= 15 is 0 Å². The first-order valence-corrected chi connectivity index (χ1v) is 9.57. The number of aliphatic carboxylic acids is 1. The van der Waals surface area contributed by atoms with E-state index in [4.69, 9.17) is 4.74 Å². The largest absolute Gasteiger partial charge is 0.494 e. The summed E-state index contributed by atoms with van der Waals surface area (Å²) >= 11 is 0. The van der Waals surface area contributed by atoms with Crippen molar-refractivity contribution in [1.29, 1.82) is 0 Å². The summed E-state index contributed by atoms with van der Waals surface area (Å²) in [5.74, 6) is -2.16. The zero-order chi connectivity index (χ0) is 19.4. The third-order valence-electron chi connectivity index (χ3n) is 5.69. The molecule has 7 heteroatoms. The van der Waals surface area contributed by atoms with E-state index in [0.29, 0.717) is 17.9 Å². The van der Waals surface area contributed by atoms with Gasteiger partial charge < -0.3 is 9.84 Å². The van der Waals surface area contributed by atoms with Gasteiger partial charge in [-0.3, -0.25) is 25.2 Å². The van der Waals surface area contributed by atoms with Crippen LogP contribution in [0, 0.1) is 23.7 Å². The van der Waals surface area contributed by atoms with Crippen molar-refractivity contribution in [1.82, 2.24) is 10.9 Å². The van der Waals surface area contributed by atoms with Crippen molar-refractivity contribution in [3.05, 3.63) is 29.8 Å². The quantitative estimate of drug-likeness (QED) is 0.502. The normalized spacial score (nSPS) is 25.8. The van der Waals surface area contributed by atoms with Crippen LogP contribution >= 0.6 is 0 Å². The zero-order valence-electron chi connectivity index (χ0n) is 15.4. The van der Waals surface area contributed by atoms with Crippen molar-refractivity contribution in [2.45, 2.75) is 39.0 Å². The Morgan fingerprint density at radius 3 is 2.37 bits per heavy atom. The van der Waals surface area contributed by atoms with Crippen LogP contribution in [0.15, 0.2) is 24.3 Å². The van der Waals surface area contributed by atoms with Crippen molar-refractivity contribution in [2.24, 2.45) is 23.7 Å². The van der Waals surface area contributed by atoms with E-state index in [1.165, 1.54) is 0 Å². The van der Waals surface area contributed by atoms with Gasteiger partial charge in [0.2, 0.25) is 5.91 Å². The number of hydrogen-bond acceptors (Lipinski definition) is 4. The molecule has 1 aromatic carbocycles. The maximum Gasteiger partial charge on any atom is 0.307 e. The molecule has 2 aliphatic rings. The number of fused-ring (bicyclic) bond motifs is 2. The fourth-order valence-corrected chi connectivity index (χ4v) is 4.33. The molecule has 0 radical (unpaired) electrons. The molecule has 2 saturated carbocycles. The topological polar surface area (TPSA) is 105 Å². The second kappa shape index (κ2) is 8.41. The van der Waals surface area contributed by atoms with Crippen molar-refractivity contribution in [3.8, 4) is 5.75 Å². The summed E-state index contributed by atoms with van der Waals surface area (Å²) < 4.78 is 5.55. The first-order valence-electron chi connectivity index (χ1n) is 9.57. The number of nitrogens with one attached hydrogen (secondary N) is 2. The van der Waals surface area contributed by atoms with Gasteiger partial charge >= 0.3 is 5.97 Å². The van der Waals surface area contributed by atoms with Crippen LogP contribution in [0.25, 0.3) is 0 Å². The number of hydrazine groups is 1. The van der Waals surface area contributed by atoms with Gasteiger partial charge in [-0.05, 0) is 61.8 Å². The summed E-state index contributed by atoms with van der Waals surface area (Å²) in [6.07, 6.45) is 4.53. The molecule has 3 rings (SSSR count). The summed E-state index contributed by atoms with van der Waals surface area (Å²) in [4.78, 5) is 36.2. The lowest BCUT2D eigenvalue weighted by molar-refractivity contribution is -0.149. The van der Waals surface area contributed by atoms with E-state index in [-0.39, 0.29) is 11.8 Å². The Morgan fingerprint density at radius 2 is 1.74 bits per heavy atom. The van der Waals surface area contributed by atoms with Gasteiger partial charge in [-0.25, -0.2) is 0 Å². The molecule has 2 bridgehead atoms. The summed E-state index contributed by atoms with van der Waals surface area (Å²) in [6, 6.07) is 6.67. The second-order valence-corrected chi connectivity index (χ2v) is 7.39. The predicted molar refractivity (Wildman–Crippen MR) is 97.9 cm³/mol. The van der Waals surface area contributed by atoms with Crippen molar-refractivity contribution in [3.63, 3.8) is 0 Å². The minimum atomic E-state index is -0.924. The standard InChI is InChI=1S/C20H26N2O5/c1-2-3-10-27-15-8-6-12(7-9-15)18(23)21-22-19(24)16-13-4-5-14(11-13)17(16)20(25)26/h6-9,13-14,16-17H,2-5,10-11H2,1H3,(H,21,23)(H,22,24)(H,25,26)/t13-,14-,16-,17-/m0/s1. The SMILES string of the molecule is CCCCOc1ccc(C(=O)NNC(=O)[C@H]2[C@H]3CC[C@@H](C3)[C@@H]2C(=O)O)cc1. The molecule has 0 aromatic heterocycles. The molecule has 7 nitrogen and oxygen atoms in total. The van der Waals surface area contributed by atoms with Gasteiger partial charge in [0.15, 0.2) is 0 Å². The smallest absolute Gasteiger partial charge is 0.307 e. The molecule has 2 aliphatic carbocycles. The Balaban J connectivity index is 1.53. The highest BCUT2D eigenvalue weighted by Crippen LogP contribution is 2.52. The Labute approximate surface area is 158 Å². The highest BCUT2D eigenvalue weighted by Gasteiger charge is 2.54. The van der Waals surface area contributed by atoms with Crippen molar-refractivity contribution < 1.29 is 24.2 Å².